The molecule has 0 aromatic heterocycles. The lowest BCUT2D eigenvalue weighted by molar-refractivity contribution is 1.10. The largest absolute Gasteiger partial charge is 0.122 e. The van der Waals surface area contributed by atoms with E-state index in [9.17, 15) is 0 Å². The van der Waals surface area contributed by atoms with Crippen LogP contribution in [0.3, 0.4) is 0 Å². The Labute approximate surface area is 278 Å². The van der Waals surface area contributed by atoms with Crippen LogP contribution in [0.25, 0.3) is 0 Å². The molecule has 0 amide bonds. The first-order valence-electron chi connectivity index (χ1n) is 16.9. The highest BCUT2D eigenvalue weighted by Crippen LogP contribution is 2.44. The Hall–Kier alpha value is -0.0418. The van der Waals surface area contributed by atoms with Crippen LogP contribution in [-0.4, -0.2) is 58.0 Å². The summed E-state index contributed by atoms with van der Waals surface area (Å²) in [5.41, 5.74) is 9.76. The lowest BCUT2D eigenvalue weighted by Crippen LogP contribution is -2.54. The predicted octanol–water partition coefficient (Wildman–Crippen LogP) is 10.8. The van der Waals surface area contributed by atoms with Gasteiger partial charge in [-0.25, -0.2) is 0 Å². The molecular weight excluding hydrogens is 629 g/mol. The van der Waals surface area contributed by atoms with Crippen LogP contribution >= 0.6 is 0 Å². The van der Waals surface area contributed by atoms with Gasteiger partial charge in [0.15, 0.2) is 0 Å². The molecule has 2 radical (unpaired) electrons. The van der Waals surface area contributed by atoms with Gasteiger partial charge in [-0.1, -0.05) is 180 Å². The molecule has 7 heteroatoms. The molecule has 2 rings (SSSR count). The molecular formula is C36H70Si7. The molecule has 0 aliphatic heterocycles. The first kappa shape index (κ1) is 39.1. The van der Waals surface area contributed by atoms with Crippen molar-refractivity contribution in [1.29, 1.82) is 0 Å². The Morgan fingerprint density at radius 1 is 0.395 bits per heavy atom. The molecule has 0 aliphatic carbocycles. The van der Waals surface area contributed by atoms with Gasteiger partial charge in [0.25, 0.3) is 0 Å². The van der Waals surface area contributed by atoms with E-state index in [-0.39, 0.29) is 0 Å². The van der Waals surface area contributed by atoms with Crippen molar-refractivity contribution in [2.24, 2.45) is 0 Å². The fraction of sp³-hybridized carbons (Fsp3) is 0.667. The zero-order valence-corrected chi connectivity index (χ0v) is 39.5. The van der Waals surface area contributed by atoms with Crippen molar-refractivity contribution in [1.82, 2.24) is 0 Å². The number of aryl methyl sites for hydroxylation is 3. The normalized spacial score (nSPS) is 14.4. The highest BCUT2D eigenvalue weighted by Gasteiger charge is 2.46. The minimum Gasteiger partial charge on any atom is -0.0693 e. The van der Waals surface area contributed by atoms with Crippen molar-refractivity contribution in [2.75, 3.05) is 0 Å². The van der Waals surface area contributed by atoms with Crippen molar-refractivity contribution in [3.63, 3.8) is 0 Å². The highest BCUT2D eigenvalue weighted by molar-refractivity contribution is 6.98. The second-order valence-corrected chi connectivity index (χ2v) is 55.3. The van der Waals surface area contributed by atoms with Gasteiger partial charge in [0.05, 0.1) is 0 Å². The molecule has 0 saturated carbocycles. The zero-order valence-electron chi connectivity index (χ0n) is 32.5. The van der Waals surface area contributed by atoms with Gasteiger partial charge in [-0.2, -0.15) is 0 Å². The molecule has 2 aromatic carbocycles. The molecule has 0 aliphatic rings. The summed E-state index contributed by atoms with van der Waals surface area (Å²) < 4.78 is 0. The quantitative estimate of drug-likeness (QED) is 0.205. The third-order valence-electron chi connectivity index (χ3n) is 9.30. The van der Waals surface area contributed by atoms with Gasteiger partial charge in [-0.15, -0.1) is 0 Å². The molecule has 0 atom stereocenters. The van der Waals surface area contributed by atoms with Gasteiger partial charge in [0.1, 0.15) is 9.52 Å². The molecule has 242 valence electrons. The molecule has 0 nitrogen and oxygen atoms in total. The number of rotatable bonds is 11. The molecule has 0 heterocycles. The summed E-state index contributed by atoms with van der Waals surface area (Å²) in [6.07, 6.45) is 0. The van der Waals surface area contributed by atoms with E-state index in [4.69, 9.17) is 0 Å². The van der Waals surface area contributed by atoms with Crippen LogP contribution in [0.5, 0.6) is 0 Å². The third-order valence-corrected chi connectivity index (χ3v) is 39.1. The Kier molecular flexibility index (Phi) is 11.7. The van der Waals surface area contributed by atoms with Gasteiger partial charge in [-0.3, -0.25) is 0 Å². The summed E-state index contributed by atoms with van der Waals surface area (Å²) in [5, 5.41) is 5.67. The Balaban J connectivity index is 3.36. The fourth-order valence-electron chi connectivity index (χ4n) is 9.74. The summed E-state index contributed by atoms with van der Waals surface area (Å²) in [6, 6.07) is 10.6. The topological polar surface area (TPSA) is 0 Å². The lowest BCUT2D eigenvalue weighted by atomic mass is 10.1. The second-order valence-electron chi connectivity index (χ2n) is 20.5. The number of benzene rings is 2. The Morgan fingerprint density at radius 2 is 0.674 bits per heavy atom. The molecule has 0 saturated heterocycles. The molecule has 0 spiro atoms. The maximum absolute atomic E-state index is 2.87. The molecule has 0 bridgehead atoms. The average molecular weight is 700 g/mol. The van der Waals surface area contributed by atoms with Crippen molar-refractivity contribution < 1.29 is 0 Å². The minimum absolute atomic E-state index is 0.745. The van der Waals surface area contributed by atoms with Crippen molar-refractivity contribution in [2.45, 2.75) is 154 Å². The molecule has 0 unspecified atom stereocenters. The van der Waals surface area contributed by atoms with E-state index < -0.39 is 48.4 Å². The SMILES string of the molecule is Cc1cc(C)c([Si]c2c(C([Si](C)(C)C)[Si](C)(C)C)cc(C([Si](C)(C)C)[Si](C)(C)C)cc2C([Si](C)(C)C)[Si](C)(C)C)c(C)c1. The van der Waals surface area contributed by atoms with E-state index in [2.05, 4.69) is 163 Å². The van der Waals surface area contributed by atoms with Crippen LogP contribution in [0.2, 0.25) is 118 Å². The van der Waals surface area contributed by atoms with Gasteiger partial charge >= 0.3 is 0 Å². The minimum atomic E-state index is -1.54. The van der Waals surface area contributed by atoms with Gasteiger partial charge in [-0.05, 0) is 41.8 Å². The average Bonchev–Trinajstić information content (AvgIpc) is 2.65. The molecule has 0 N–H and O–H groups in total. The maximum Gasteiger partial charge on any atom is 0.122 e. The standard InChI is InChI=1S/C36H70Si7/c1-26-22-27(2)32(28(3)23-26)37-33-30(35(40(10,11)12)41(13,14)15)24-29(34(38(4,5)6)39(7,8)9)25-31(33)36(42(16,17)18)43(19,20)21/h22-25,34-36H,1-21H3. The van der Waals surface area contributed by atoms with Gasteiger partial charge in [0, 0.05) is 48.4 Å². The smallest absolute Gasteiger partial charge is 0.0693 e. The predicted molar refractivity (Wildman–Crippen MR) is 220 cm³/mol. The van der Waals surface area contributed by atoms with Crippen LogP contribution in [0.1, 0.15) is 48.9 Å². The Morgan fingerprint density at radius 3 is 0.930 bits per heavy atom. The van der Waals surface area contributed by atoms with Crippen molar-refractivity contribution >= 4 is 68.3 Å². The molecule has 43 heavy (non-hydrogen) atoms. The van der Waals surface area contributed by atoms with Crippen LogP contribution in [-0.2, 0) is 0 Å². The molecule has 0 fully saturated rings. The van der Waals surface area contributed by atoms with E-state index in [0.29, 0.717) is 0 Å². The third kappa shape index (κ3) is 9.50. The van der Waals surface area contributed by atoms with Crippen molar-refractivity contribution in [3.8, 4) is 0 Å². The first-order valence-corrected chi connectivity index (χ1v) is 39.4. The number of hydrogen-bond acceptors (Lipinski definition) is 0. The maximum atomic E-state index is 2.87. The summed E-state index contributed by atoms with van der Waals surface area (Å²) in [4.78, 5) is 0. The van der Waals surface area contributed by atoms with Crippen LogP contribution in [0.4, 0.5) is 0 Å². The van der Waals surface area contributed by atoms with Crippen LogP contribution in [0.15, 0.2) is 24.3 Å². The lowest BCUT2D eigenvalue weighted by Gasteiger charge is -2.46. The van der Waals surface area contributed by atoms with Gasteiger partial charge in [0.2, 0.25) is 0 Å². The first-order chi connectivity index (χ1) is 18.9. The molecule has 2 aromatic rings. The van der Waals surface area contributed by atoms with Crippen LogP contribution < -0.4 is 10.4 Å². The van der Waals surface area contributed by atoms with Gasteiger partial charge < -0.3 is 0 Å². The van der Waals surface area contributed by atoms with E-state index in [1.165, 1.54) is 16.7 Å². The monoisotopic (exact) mass is 698 g/mol. The zero-order chi connectivity index (χ0) is 33.9. The second kappa shape index (κ2) is 12.9. The number of hydrogen-bond donors (Lipinski definition) is 0. The van der Waals surface area contributed by atoms with Crippen molar-refractivity contribution in [3.05, 3.63) is 57.6 Å². The fourth-order valence-corrected chi connectivity index (χ4v) is 50.0. The van der Waals surface area contributed by atoms with E-state index in [1.54, 1.807) is 15.9 Å². The van der Waals surface area contributed by atoms with E-state index >= 15 is 0 Å². The summed E-state index contributed by atoms with van der Waals surface area (Å²) in [5.74, 6) is 0. The van der Waals surface area contributed by atoms with E-state index in [0.717, 1.165) is 25.0 Å². The summed E-state index contributed by atoms with van der Waals surface area (Å²) >= 11 is 0. The Bertz CT molecular complexity index is 1170. The van der Waals surface area contributed by atoms with E-state index in [1.807, 2.05) is 11.1 Å². The summed E-state index contributed by atoms with van der Waals surface area (Å²) in [7, 11) is -8.33. The summed E-state index contributed by atoms with van der Waals surface area (Å²) in [6.45, 7) is 55.2. The highest BCUT2D eigenvalue weighted by atomic mass is 28.4. The van der Waals surface area contributed by atoms with Crippen LogP contribution in [0, 0.1) is 20.8 Å².